The Morgan fingerprint density at radius 1 is 1.38 bits per heavy atom. The van der Waals surface area contributed by atoms with Gasteiger partial charge >= 0.3 is 6.03 Å². The first-order chi connectivity index (χ1) is 11.2. The first-order valence-corrected chi connectivity index (χ1v) is 8.60. The van der Waals surface area contributed by atoms with Crippen molar-refractivity contribution in [2.75, 3.05) is 6.61 Å². The predicted octanol–water partition coefficient (Wildman–Crippen LogP) is 3.50. The van der Waals surface area contributed by atoms with Gasteiger partial charge in [0, 0.05) is 17.1 Å². The van der Waals surface area contributed by atoms with E-state index >= 15 is 0 Å². The molecule has 0 bridgehead atoms. The normalized spacial score (nSPS) is 11.2. The van der Waals surface area contributed by atoms with E-state index in [1.165, 1.54) is 0 Å². The van der Waals surface area contributed by atoms with Gasteiger partial charge < -0.3 is 10.1 Å². The first kappa shape index (κ1) is 18.7. The first-order valence-electron chi connectivity index (χ1n) is 7.15. The summed E-state index contributed by atoms with van der Waals surface area (Å²) in [5.74, 6) is -0.0893. The average molecular weight is 462 g/mol. The van der Waals surface area contributed by atoms with Crippen molar-refractivity contribution in [2.24, 2.45) is 0 Å². The molecule has 0 saturated heterocycles. The molecule has 0 aliphatic heterocycles. The number of hydrogen-bond acceptors (Lipinski definition) is 4. The second-order valence-electron chi connectivity index (χ2n) is 6.11. The van der Waals surface area contributed by atoms with Gasteiger partial charge in [-0.1, -0.05) is 11.6 Å². The molecule has 0 aliphatic rings. The van der Waals surface area contributed by atoms with Crippen molar-refractivity contribution in [3.05, 3.63) is 33.0 Å². The third-order valence-electron chi connectivity index (χ3n) is 2.84. The molecule has 0 saturated carbocycles. The van der Waals surface area contributed by atoms with E-state index in [0.717, 1.165) is 8.96 Å². The highest BCUT2D eigenvalue weighted by Crippen LogP contribution is 2.34. The fourth-order valence-corrected chi connectivity index (χ4v) is 3.12. The number of rotatable bonds is 3. The van der Waals surface area contributed by atoms with Crippen LogP contribution in [0.25, 0.3) is 10.9 Å². The monoisotopic (exact) mass is 461 g/mol. The number of nitrogens with zero attached hydrogens (tertiary/aromatic N) is 1. The Bertz CT molecular complexity index is 790. The lowest BCUT2D eigenvalue weighted by Crippen LogP contribution is -2.49. The second-order valence-corrected chi connectivity index (χ2v) is 7.68. The molecule has 0 spiro atoms. The van der Waals surface area contributed by atoms with Gasteiger partial charge in [0.1, 0.15) is 5.52 Å². The Hall–Kier alpha value is -1.61. The molecule has 2 N–H and O–H groups in total. The van der Waals surface area contributed by atoms with Crippen LogP contribution in [-0.4, -0.2) is 29.1 Å². The summed E-state index contributed by atoms with van der Waals surface area (Å²) in [6.45, 7) is 5.16. The van der Waals surface area contributed by atoms with Crippen LogP contribution < -0.4 is 15.4 Å². The van der Waals surface area contributed by atoms with E-state index in [2.05, 4.69) is 38.2 Å². The number of amides is 3. The predicted molar refractivity (Wildman–Crippen MR) is 101 cm³/mol. The van der Waals surface area contributed by atoms with E-state index in [4.69, 9.17) is 16.3 Å². The highest BCUT2D eigenvalue weighted by molar-refractivity contribution is 14.1. The van der Waals surface area contributed by atoms with Gasteiger partial charge in [-0.2, -0.15) is 0 Å². The second kappa shape index (κ2) is 7.52. The van der Waals surface area contributed by atoms with Crippen molar-refractivity contribution in [1.82, 2.24) is 15.6 Å². The number of benzene rings is 1. The number of imide groups is 1. The van der Waals surface area contributed by atoms with Gasteiger partial charge in [0.15, 0.2) is 12.4 Å². The molecule has 1 aromatic carbocycles. The summed E-state index contributed by atoms with van der Waals surface area (Å²) in [6.07, 6.45) is 1.62. The quantitative estimate of drug-likeness (QED) is 0.686. The molecule has 2 rings (SSSR count). The van der Waals surface area contributed by atoms with Gasteiger partial charge in [0.05, 0.1) is 8.59 Å². The highest BCUT2D eigenvalue weighted by Gasteiger charge is 2.17. The van der Waals surface area contributed by atoms with Gasteiger partial charge in [-0.15, -0.1) is 0 Å². The Labute approximate surface area is 158 Å². The van der Waals surface area contributed by atoms with Crippen LogP contribution in [-0.2, 0) is 4.79 Å². The molecule has 3 amide bonds. The molecule has 0 radical (unpaired) electrons. The van der Waals surface area contributed by atoms with Gasteiger partial charge in [-0.3, -0.25) is 15.1 Å². The zero-order valence-electron chi connectivity index (χ0n) is 13.4. The van der Waals surface area contributed by atoms with E-state index in [9.17, 15) is 9.59 Å². The maximum Gasteiger partial charge on any atom is 0.321 e. The maximum atomic E-state index is 11.9. The highest BCUT2D eigenvalue weighted by atomic mass is 127. The van der Waals surface area contributed by atoms with E-state index in [1.807, 2.05) is 26.8 Å². The van der Waals surface area contributed by atoms with Crippen molar-refractivity contribution in [1.29, 1.82) is 0 Å². The summed E-state index contributed by atoms with van der Waals surface area (Å²) in [4.78, 5) is 27.8. The molecule has 0 atom stereocenters. The van der Waals surface area contributed by atoms with Crippen LogP contribution in [0.4, 0.5) is 4.79 Å². The minimum atomic E-state index is -0.565. The number of halogens is 2. The summed E-state index contributed by atoms with van der Waals surface area (Å²) < 4.78 is 6.31. The summed E-state index contributed by atoms with van der Waals surface area (Å²) in [6, 6.07) is 4.77. The van der Waals surface area contributed by atoms with Crippen LogP contribution in [0.1, 0.15) is 20.8 Å². The Morgan fingerprint density at radius 2 is 2.08 bits per heavy atom. The average Bonchev–Trinajstić information content (AvgIpc) is 2.44. The number of fused-ring (bicyclic) bond motifs is 1. The molecular formula is C16H17ClIN3O3. The molecule has 2 aromatic rings. The fraction of sp³-hybridized carbons (Fsp3) is 0.312. The number of ether oxygens (including phenoxy) is 1. The number of urea groups is 1. The van der Waals surface area contributed by atoms with Crippen LogP contribution in [0.5, 0.6) is 5.75 Å². The van der Waals surface area contributed by atoms with Crippen LogP contribution >= 0.6 is 34.2 Å². The summed E-state index contributed by atoms with van der Waals surface area (Å²) in [5, 5.41) is 6.16. The Kier molecular flexibility index (Phi) is 5.87. The topological polar surface area (TPSA) is 80.3 Å². The molecule has 128 valence electrons. The smallest absolute Gasteiger partial charge is 0.321 e. The molecule has 8 heteroatoms. The Balaban J connectivity index is 2.08. The summed E-state index contributed by atoms with van der Waals surface area (Å²) in [5.41, 5.74) is 0.137. The van der Waals surface area contributed by atoms with Gasteiger partial charge in [0.25, 0.3) is 5.91 Å². The molecule has 24 heavy (non-hydrogen) atoms. The largest absolute Gasteiger partial charge is 0.480 e. The third kappa shape index (κ3) is 4.94. The molecule has 1 aromatic heterocycles. The number of carbonyl (C=O) groups is 2. The van der Waals surface area contributed by atoms with Crippen molar-refractivity contribution < 1.29 is 14.3 Å². The van der Waals surface area contributed by atoms with Crippen molar-refractivity contribution in [2.45, 2.75) is 26.3 Å². The third-order valence-corrected chi connectivity index (χ3v) is 3.95. The summed E-state index contributed by atoms with van der Waals surface area (Å²) in [7, 11) is 0. The standard InChI is InChI=1S/C16H17ClIN3O3/c1-16(2,3)21-15(23)20-12(22)8-24-14-11(18)7-10(17)9-5-4-6-19-13(9)14/h4-7H,8H2,1-3H3,(H2,20,21,22,23). The van der Waals surface area contributed by atoms with Crippen LogP contribution in [0.2, 0.25) is 5.02 Å². The molecular weight excluding hydrogens is 445 g/mol. The number of aromatic nitrogens is 1. The minimum Gasteiger partial charge on any atom is -0.480 e. The molecule has 0 unspecified atom stereocenters. The van der Waals surface area contributed by atoms with Crippen molar-refractivity contribution in [3.8, 4) is 5.75 Å². The van der Waals surface area contributed by atoms with Crippen molar-refractivity contribution >= 4 is 57.0 Å². The van der Waals surface area contributed by atoms with E-state index in [-0.39, 0.29) is 6.61 Å². The Morgan fingerprint density at radius 3 is 2.75 bits per heavy atom. The molecule has 1 heterocycles. The molecule has 0 fully saturated rings. The minimum absolute atomic E-state index is 0.305. The van der Waals surface area contributed by atoms with Crippen LogP contribution in [0.15, 0.2) is 24.4 Å². The number of carbonyl (C=O) groups excluding carboxylic acids is 2. The number of pyridine rings is 1. The SMILES string of the molecule is CC(C)(C)NC(=O)NC(=O)COc1c(I)cc(Cl)c2cccnc12. The molecule has 0 aliphatic carbocycles. The fourth-order valence-electron chi connectivity index (χ4n) is 1.96. The van der Waals surface area contributed by atoms with E-state index in [1.54, 1.807) is 18.3 Å². The van der Waals surface area contributed by atoms with E-state index < -0.39 is 17.5 Å². The van der Waals surface area contributed by atoms with Gasteiger partial charge in [-0.25, -0.2) is 4.79 Å². The number of nitrogens with one attached hydrogen (secondary N) is 2. The molecule has 6 nitrogen and oxygen atoms in total. The van der Waals surface area contributed by atoms with Crippen molar-refractivity contribution in [3.63, 3.8) is 0 Å². The lowest BCUT2D eigenvalue weighted by molar-refractivity contribution is -0.122. The lowest BCUT2D eigenvalue weighted by Gasteiger charge is -2.20. The van der Waals surface area contributed by atoms with Gasteiger partial charge in [0.2, 0.25) is 0 Å². The van der Waals surface area contributed by atoms with Crippen LogP contribution in [0.3, 0.4) is 0 Å². The zero-order valence-corrected chi connectivity index (χ0v) is 16.4. The lowest BCUT2D eigenvalue weighted by atomic mass is 10.1. The summed E-state index contributed by atoms with van der Waals surface area (Å²) >= 11 is 8.26. The van der Waals surface area contributed by atoms with E-state index in [0.29, 0.717) is 16.3 Å². The van der Waals surface area contributed by atoms with Gasteiger partial charge in [-0.05, 0) is 61.6 Å². The number of hydrogen-bond donors (Lipinski definition) is 2. The maximum absolute atomic E-state index is 11.9. The van der Waals surface area contributed by atoms with Crippen LogP contribution in [0, 0.1) is 3.57 Å². The zero-order chi connectivity index (χ0) is 17.9.